The Balaban J connectivity index is 0.00000140. The number of allylic oxidation sites excluding steroid dienone is 8. The van der Waals surface area contributed by atoms with Crippen LogP contribution in [-0.4, -0.2) is 8.07 Å². The van der Waals surface area contributed by atoms with Gasteiger partial charge < -0.3 is 24.8 Å². The van der Waals surface area contributed by atoms with Gasteiger partial charge in [0, 0.05) is 0 Å². The van der Waals surface area contributed by atoms with Crippen molar-refractivity contribution in [2.45, 2.75) is 88.7 Å². The Bertz CT molecular complexity index is 734. The molecule has 1 heterocycles. The second kappa shape index (κ2) is 8.91. The standard InChI is InChI=1S/C14H21Si.C10H15.2ClH.Ti/c1-2-15(10-5-11-15)14-9-8-12-6-3-4-7-13(12)14;1-7-6-10(4,5)9(3)8(7)2;;;/h3-4,7,9,12,14H,2,5-6,8,10-11H2,1H3;1-5H3;2*1H;/q;;;;+2/p-2. The van der Waals surface area contributed by atoms with Gasteiger partial charge in [-0.1, -0.05) is 0 Å². The van der Waals surface area contributed by atoms with Gasteiger partial charge in [-0.2, -0.15) is 0 Å². The number of fused-ring (bicyclic) bond motifs is 1. The molecule has 0 aromatic rings. The molecular weight excluding hydrogens is 435 g/mol. The van der Waals surface area contributed by atoms with Gasteiger partial charge in [-0.15, -0.1) is 0 Å². The van der Waals surface area contributed by atoms with Gasteiger partial charge in [0.1, 0.15) is 0 Å². The summed E-state index contributed by atoms with van der Waals surface area (Å²) in [5.74, 6) is 0.899. The van der Waals surface area contributed by atoms with E-state index in [4.69, 9.17) is 0 Å². The molecule has 3 atom stereocenters. The van der Waals surface area contributed by atoms with Crippen LogP contribution >= 0.6 is 0 Å². The third-order valence-corrected chi connectivity index (χ3v) is 18.9. The van der Waals surface area contributed by atoms with Crippen molar-refractivity contribution in [2.75, 3.05) is 0 Å². The van der Waals surface area contributed by atoms with Crippen LogP contribution in [0.3, 0.4) is 0 Å². The van der Waals surface area contributed by atoms with Crippen LogP contribution in [0.2, 0.25) is 27.9 Å². The van der Waals surface area contributed by atoms with Crippen molar-refractivity contribution >= 4 is 8.07 Å². The van der Waals surface area contributed by atoms with Crippen LogP contribution in [-0.2, 0) is 19.2 Å². The van der Waals surface area contributed by atoms with E-state index in [0.717, 1.165) is 15.7 Å². The molecule has 2 fully saturated rings. The van der Waals surface area contributed by atoms with Gasteiger partial charge in [-0.05, 0) is 0 Å². The topological polar surface area (TPSA) is 0 Å². The van der Waals surface area contributed by atoms with Crippen molar-refractivity contribution in [1.82, 2.24) is 0 Å². The van der Waals surface area contributed by atoms with E-state index in [1.807, 2.05) is 9.45 Å². The maximum atomic E-state index is 2.57. The van der Waals surface area contributed by atoms with E-state index in [9.17, 15) is 0 Å². The molecule has 0 N–H and O–H groups in total. The first kappa shape index (κ1) is 24.7. The molecule has 3 unspecified atom stereocenters. The van der Waals surface area contributed by atoms with Crippen molar-refractivity contribution in [2.24, 2.45) is 11.3 Å². The van der Waals surface area contributed by atoms with E-state index in [1.54, 1.807) is 28.8 Å². The fraction of sp³-hybridized carbons (Fsp3) is 0.667. The Labute approximate surface area is 195 Å². The average molecular weight is 471 g/mol. The van der Waals surface area contributed by atoms with E-state index in [-0.39, 0.29) is 44.0 Å². The van der Waals surface area contributed by atoms with Crippen LogP contribution in [0.25, 0.3) is 0 Å². The minimum absolute atomic E-state index is 0. The molecule has 0 aromatic carbocycles. The Morgan fingerprint density at radius 1 is 1.11 bits per heavy atom. The summed E-state index contributed by atoms with van der Waals surface area (Å²) in [7, 11) is -1.04. The van der Waals surface area contributed by atoms with Crippen LogP contribution in [0.4, 0.5) is 0 Å². The molecule has 4 heteroatoms. The quantitative estimate of drug-likeness (QED) is 0.548. The SMILES string of the molecule is CC[Si]1(C2C3=CC=CCC3C[CH]2[Ti+2][C]2=C(C)C(C)=C(C)C2(C)C)CCC1.[Cl-].[Cl-]. The molecule has 0 aromatic heterocycles. The number of hydrogen-bond donors (Lipinski definition) is 0. The molecule has 4 aliphatic rings. The van der Waals surface area contributed by atoms with Crippen LogP contribution in [0.5, 0.6) is 0 Å². The maximum absolute atomic E-state index is 2.57. The number of hydrogen-bond acceptors (Lipinski definition) is 0. The molecule has 4 rings (SSSR count). The molecule has 0 bridgehead atoms. The first-order chi connectivity index (χ1) is 12.3. The normalized spacial score (nSPS) is 32.1. The van der Waals surface area contributed by atoms with Crippen LogP contribution in [0.15, 0.2) is 44.4 Å². The average Bonchev–Trinajstić information content (AvgIpc) is 3.01. The minimum Gasteiger partial charge on any atom is -1.00 e. The van der Waals surface area contributed by atoms with Gasteiger partial charge in [-0.25, -0.2) is 0 Å². The van der Waals surface area contributed by atoms with Gasteiger partial charge in [-0.3, -0.25) is 0 Å². The summed E-state index contributed by atoms with van der Waals surface area (Å²) in [5.41, 5.74) is 8.22. The molecule has 0 radical (unpaired) electrons. The summed E-state index contributed by atoms with van der Waals surface area (Å²) in [4.78, 5) is 0. The predicted molar refractivity (Wildman–Crippen MR) is 113 cm³/mol. The van der Waals surface area contributed by atoms with Crippen molar-refractivity contribution in [3.63, 3.8) is 0 Å². The Kier molecular flexibility index (Phi) is 7.88. The minimum atomic E-state index is -1.04. The van der Waals surface area contributed by atoms with E-state index >= 15 is 0 Å². The van der Waals surface area contributed by atoms with E-state index in [2.05, 4.69) is 59.8 Å². The zero-order valence-electron chi connectivity index (χ0n) is 18.5. The summed E-state index contributed by atoms with van der Waals surface area (Å²) in [6.07, 6.45) is 11.8. The summed E-state index contributed by atoms with van der Waals surface area (Å²) >= 11 is -0.0559. The molecule has 0 nitrogen and oxygen atoms in total. The molecule has 154 valence electrons. The molecule has 28 heavy (non-hydrogen) atoms. The maximum Gasteiger partial charge on any atom is -1.00 e. The molecule has 0 spiro atoms. The first-order valence-electron chi connectivity index (χ1n) is 10.8. The summed E-state index contributed by atoms with van der Waals surface area (Å²) in [6, 6.07) is 4.79. The first-order valence-corrected chi connectivity index (χ1v) is 15.2. The van der Waals surface area contributed by atoms with Gasteiger partial charge in [0.2, 0.25) is 0 Å². The molecule has 1 saturated heterocycles. The fourth-order valence-corrected chi connectivity index (χ4v) is 16.8. The molecule has 3 aliphatic carbocycles. The largest absolute Gasteiger partial charge is 1.00 e. The Morgan fingerprint density at radius 3 is 2.29 bits per heavy atom. The van der Waals surface area contributed by atoms with Crippen molar-refractivity contribution in [3.05, 3.63) is 44.4 Å². The van der Waals surface area contributed by atoms with E-state index in [1.165, 1.54) is 25.3 Å². The smallest absolute Gasteiger partial charge is 1.00 e. The van der Waals surface area contributed by atoms with Gasteiger partial charge >= 0.3 is 172 Å². The van der Waals surface area contributed by atoms with Crippen LogP contribution < -0.4 is 24.8 Å². The van der Waals surface area contributed by atoms with Crippen LogP contribution in [0, 0.1) is 11.3 Å². The summed E-state index contributed by atoms with van der Waals surface area (Å²) < 4.78 is 2.94. The molecular formula is C24H36Cl2SiTi. The molecule has 1 saturated carbocycles. The second-order valence-corrected chi connectivity index (χ2v) is 17.4. The summed E-state index contributed by atoms with van der Waals surface area (Å²) in [6.45, 7) is 14.8. The third kappa shape index (κ3) is 3.66. The molecule has 1 aliphatic heterocycles. The van der Waals surface area contributed by atoms with Gasteiger partial charge in [0.15, 0.2) is 0 Å². The summed E-state index contributed by atoms with van der Waals surface area (Å²) in [5, 5.41) is 0. The molecule has 0 amide bonds. The zero-order valence-corrected chi connectivity index (χ0v) is 22.5. The monoisotopic (exact) mass is 470 g/mol. The second-order valence-electron chi connectivity index (χ2n) is 9.94. The van der Waals surface area contributed by atoms with Crippen LogP contribution in [0.1, 0.15) is 60.8 Å². The van der Waals surface area contributed by atoms with Crippen molar-refractivity contribution < 1.29 is 44.0 Å². The van der Waals surface area contributed by atoms with Crippen molar-refractivity contribution in [1.29, 1.82) is 0 Å². The van der Waals surface area contributed by atoms with Gasteiger partial charge in [0.25, 0.3) is 0 Å². The Hall–Kier alpha value is 0.471. The van der Waals surface area contributed by atoms with Crippen molar-refractivity contribution in [3.8, 4) is 0 Å². The number of halogens is 2. The predicted octanol–water partition coefficient (Wildman–Crippen LogP) is 1.66. The zero-order chi connectivity index (χ0) is 18.7. The Morgan fingerprint density at radius 2 is 1.79 bits per heavy atom. The van der Waals surface area contributed by atoms with Gasteiger partial charge in [0.05, 0.1) is 0 Å². The van der Waals surface area contributed by atoms with E-state index < -0.39 is 8.07 Å². The fourth-order valence-electron chi connectivity index (χ4n) is 6.46. The van der Waals surface area contributed by atoms with E-state index in [0.29, 0.717) is 5.41 Å². The third-order valence-electron chi connectivity index (χ3n) is 8.72. The number of rotatable bonds is 4.